The normalized spacial score (nSPS) is 21.3. The van der Waals surface area contributed by atoms with Gasteiger partial charge in [-0.2, -0.15) is 0 Å². The lowest BCUT2D eigenvalue weighted by Crippen LogP contribution is -2.43. The highest BCUT2D eigenvalue weighted by atomic mass is 19.1. The Morgan fingerprint density at radius 3 is 2.48 bits per heavy atom. The number of hydrogen-bond acceptors (Lipinski definition) is 3. The van der Waals surface area contributed by atoms with Crippen LogP contribution in [-0.2, 0) is 9.59 Å². The molecular formula is C19H26FN3O2. The van der Waals surface area contributed by atoms with Gasteiger partial charge in [0.2, 0.25) is 11.8 Å². The lowest BCUT2D eigenvalue weighted by atomic mass is 9.92. The summed E-state index contributed by atoms with van der Waals surface area (Å²) in [6.45, 7) is 5.62. The number of amides is 2. The first-order valence-corrected chi connectivity index (χ1v) is 8.97. The Hall–Kier alpha value is -2.11. The van der Waals surface area contributed by atoms with E-state index in [1.54, 1.807) is 12.1 Å². The van der Waals surface area contributed by atoms with Crippen LogP contribution in [0.5, 0.6) is 0 Å². The van der Waals surface area contributed by atoms with Gasteiger partial charge in [0.05, 0.1) is 6.54 Å². The summed E-state index contributed by atoms with van der Waals surface area (Å²) in [5.41, 5.74) is 0.904. The molecule has 1 unspecified atom stereocenters. The van der Waals surface area contributed by atoms with Gasteiger partial charge in [0.25, 0.3) is 0 Å². The summed E-state index contributed by atoms with van der Waals surface area (Å²) in [6.07, 6.45) is 2.92. The number of anilines is 1. The van der Waals surface area contributed by atoms with Crippen molar-refractivity contribution in [3.05, 3.63) is 30.1 Å². The zero-order valence-electron chi connectivity index (χ0n) is 14.8. The molecule has 1 spiro atoms. The molecule has 2 fully saturated rings. The van der Waals surface area contributed by atoms with Crippen LogP contribution < -0.4 is 10.6 Å². The maximum Gasteiger partial charge on any atom is 0.239 e. The third kappa shape index (κ3) is 4.11. The number of likely N-dealkylation sites (tertiary alicyclic amines) is 1. The molecule has 2 amide bonds. The molecule has 2 N–H and O–H groups in total. The average molecular weight is 347 g/mol. The number of halogens is 1. The number of carbonyl (C=O) groups is 2. The van der Waals surface area contributed by atoms with Gasteiger partial charge in [-0.15, -0.1) is 0 Å². The number of carbonyl (C=O) groups excluding carboxylic acids is 2. The van der Waals surface area contributed by atoms with Gasteiger partial charge in [-0.25, -0.2) is 4.39 Å². The summed E-state index contributed by atoms with van der Waals surface area (Å²) in [6, 6.07) is 6.17. The minimum Gasteiger partial charge on any atom is -0.376 e. The highest BCUT2D eigenvalue weighted by molar-refractivity contribution is 5.81. The molecule has 6 heteroatoms. The second-order valence-electron chi connectivity index (χ2n) is 7.53. The van der Waals surface area contributed by atoms with Crippen LogP contribution in [-0.4, -0.2) is 42.4 Å². The molecule has 3 rings (SSSR count). The minimum atomic E-state index is -0.294. The molecule has 1 aliphatic heterocycles. The van der Waals surface area contributed by atoms with Crippen molar-refractivity contribution in [3.63, 3.8) is 0 Å². The number of piperidine rings is 1. The van der Waals surface area contributed by atoms with Gasteiger partial charge in [0.15, 0.2) is 0 Å². The van der Waals surface area contributed by atoms with Gasteiger partial charge in [0.1, 0.15) is 5.82 Å². The van der Waals surface area contributed by atoms with E-state index < -0.39 is 0 Å². The molecule has 1 saturated heterocycles. The first-order valence-electron chi connectivity index (χ1n) is 8.97. The molecule has 2 aliphatic rings. The van der Waals surface area contributed by atoms with E-state index in [1.165, 1.54) is 12.1 Å². The number of benzene rings is 1. The van der Waals surface area contributed by atoms with E-state index in [-0.39, 0.29) is 41.6 Å². The second-order valence-corrected chi connectivity index (χ2v) is 7.53. The van der Waals surface area contributed by atoms with Crippen molar-refractivity contribution in [2.24, 2.45) is 11.3 Å². The van der Waals surface area contributed by atoms with Crippen molar-refractivity contribution in [3.8, 4) is 0 Å². The maximum absolute atomic E-state index is 12.9. The summed E-state index contributed by atoms with van der Waals surface area (Å²) in [7, 11) is 0. The fraction of sp³-hybridized carbons (Fsp3) is 0.579. The topological polar surface area (TPSA) is 61.4 Å². The fourth-order valence-corrected chi connectivity index (χ4v) is 3.64. The molecule has 136 valence electrons. The van der Waals surface area contributed by atoms with Crippen LogP contribution >= 0.6 is 0 Å². The second kappa shape index (κ2) is 7.02. The van der Waals surface area contributed by atoms with E-state index in [0.29, 0.717) is 0 Å². The standard InChI is InChI=1S/C19H26FN3O2/c1-13(2)18(25)23-9-7-19(8-10-23)11-16(19)22-17(24)12-21-15-5-3-14(20)4-6-15/h3-6,13,16,21H,7-12H2,1-2H3,(H,22,24). The highest BCUT2D eigenvalue weighted by Gasteiger charge is 2.55. The monoisotopic (exact) mass is 347 g/mol. The van der Waals surface area contributed by atoms with Gasteiger partial charge >= 0.3 is 0 Å². The molecule has 1 aliphatic carbocycles. The Balaban J connectivity index is 1.41. The van der Waals surface area contributed by atoms with Crippen LogP contribution in [0.1, 0.15) is 33.1 Å². The SMILES string of the molecule is CC(C)C(=O)N1CCC2(CC1)CC2NC(=O)CNc1ccc(F)cc1. The molecule has 0 bridgehead atoms. The molecule has 1 saturated carbocycles. The lowest BCUT2D eigenvalue weighted by Gasteiger charge is -2.34. The first-order chi connectivity index (χ1) is 11.9. The highest BCUT2D eigenvalue weighted by Crippen LogP contribution is 2.53. The Morgan fingerprint density at radius 1 is 1.24 bits per heavy atom. The summed E-state index contributed by atoms with van der Waals surface area (Å²) < 4.78 is 12.9. The Morgan fingerprint density at radius 2 is 1.88 bits per heavy atom. The third-order valence-electron chi connectivity index (χ3n) is 5.39. The van der Waals surface area contributed by atoms with Gasteiger partial charge in [0, 0.05) is 30.7 Å². The number of nitrogens with zero attached hydrogens (tertiary/aromatic N) is 1. The summed E-state index contributed by atoms with van der Waals surface area (Å²) in [5, 5.41) is 6.08. The first kappa shape index (κ1) is 17.7. The molecular weight excluding hydrogens is 321 g/mol. The van der Waals surface area contributed by atoms with Crippen LogP contribution in [0.3, 0.4) is 0 Å². The Bertz CT molecular complexity index is 637. The number of rotatable bonds is 5. The smallest absolute Gasteiger partial charge is 0.239 e. The quantitative estimate of drug-likeness (QED) is 0.860. The summed E-state index contributed by atoms with van der Waals surface area (Å²) in [5.74, 6) is -0.0787. The maximum atomic E-state index is 12.9. The fourth-order valence-electron chi connectivity index (χ4n) is 3.64. The van der Waals surface area contributed by atoms with Crippen LogP contribution in [0, 0.1) is 17.2 Å². The molecule has 5 nitrogen and oxygen atoms in total. The zero-order valence-corrected chi connectivity index (χ0v) is 14.8. The third-order valence-corrected chi connectivity index (χ3v) is 5.39. The predicted molar refractivity (Wildman–Crippen MR) is 94.5 cm³/mol. The zero-order chi connectivity index (χ0) is 18.0. The van der Waals surface area contributed by atoms with Gasteiger partial charge in [-0.1, -0.05) is 13.8 Å². The molecule has 1 atom stereocenters. The van der Waals surface area contributed by atoms with E-state index in [4.69, 9.17) is 0 Å². The van der Waals surface area contributed by atoms with E-state index in [1.807, 2.05) is 18.7 Å². The van der Waals surface area contributed by atoms with Crippen molar-refractivity contribution in [1.29, 1.82) is 0 Å². The molecule has 25 heavy (non-hydrogen) atoms. The van der Waals surface area contributed by atoms with E-state index in [0.717, 1.165) is 38.0 Å². The molecule has 0 radical (unpaired) electrons. The van der Waals surface area contributed by atoms with Crippen molar-refractivity contribution in [2.75, 3.05) is 25.0 Å². The average Bonchev–Trinajstić information content (AvgIpc) is 3.25. The van der Waals surface area contributed by atoms with Crippen molar-refractivity contribution >= 4 is 17.5 Å². The van der Waals surface area contributed by atoms with Crippen LogP contribution in [0.2, 0.25) is 0 Å². The lowest BCUT2D eigenvalue weighted by molar-refractivity contribution is -0.136. The minimum absolute atomic E-state index is 0.0429. The van der Waals surface area contributed by atoms with Crippen LogP contribution in [0.4, 0.5) is 10.1 Å². The van der Waals surface area contributed by atoms with Gasteiger partial charge < -0.3 is 15.5 Å². The Kier molecular flexibility index (Phi) is 4.97. The van der Waals surface area contributed by atoms with Gasteiger partial charge in [-0.3, -0.25) is 9.59 Å². The van der Waals surface area contributed by atoms with Crippen molar-refractivity contribution < 1.29 is 14.0 Å². The molecule has 0 aromatic heterocycles. The predicted octanol–water partition coefficient (Wildman–Crippen LogP) is 2.39. The van der Waals surface area contributed by atoms with E-state index in [2.05, 4.69) is 10.6 Å². The van der Waals surface area contributed by atoms with E-state index in [9.17, 15) is 14.0 Å². The van der Waals surface area contributed by atoms with Gasteiger partial charge in [-0.05, 0) is 48.9 Å². The van der Waals surface area contributed by atoms with Crippen molar-refractivity contribution in [2.45, 2.75) is 39.2 Å². The van der Waals surface area contributed by atoms with Crippen LogP contribution in [0.25, 0.3) is 0 Å². The molecule has 1 aromatic rings. The summed E-state index contributed by atoms with van der Waals surface area (Å²) >= 11 is 0. The number of nitrogens with one attached hydrogen (secondary N) is 2. The molecule has 1 aromatic carbocycles. The Labute approximate surface area is 148 Å². The van der Waals surface area contributed by atoms with E-state index >= 15 is 0 Å². The largest absolute Gasteiger partial charge is 0.376 e. The number of hydrogen-bond donors (Lipinski definition) is 2. The summed E-state index contributed by atoms with van der Waals surface area (Å²) in [4.78, 5) is 26.1. The van der Waals surface area contributed by atoms with Crippen molar-refractivity contribution in [1.82, 2.24) is 10.2 Å². The van der Waals surface area contributed by atoms with Crippen LogP contribution in [0.15, 0.2) is 24.3 Å². The molecule has 1 heterocycles.